The predicted octanol–water partition coefficient (Wildman–Crippen LogP) is 2.76. The molecule has 0 spiro atoms. The van der Waals surface area contributed by atoms with Crippen LogP contribution in [0.25, 0.3) is 0 Å². The minimum Gasteiger partial charge on any atom is -0.490 e. The molecule has 1 aliphatic heterocycles. The molecule has 0 amide bonds. The summed E-state index contributed by atoms with van der Waals surface area (Å²) in [4.78, 5) is 0. The van der Waals surface area contributed by atoms with Gasteiger partial charge in [-0.1, -0.05) is 6.07 Å². The van der Waals surface area contributed by atoms with E-state index in [-0.39, 0.29) is 6.79 Å². The van der Waals surface area contributed by atoms with Crippen LogP contribution in [0, 0.1) is 6.92 Å². The molecule has 0 radical (unpaired) electrons. The van der Waals surface area contributed by atoms with Crippen molar-refractivity contribution in [3.8, 4) is 23.0 Å². The second-order valence-corrected chi connectivity index (χ2v) is 4.75. The lowest BCUT2D eigenvalue weighted by Crippen LogP contribution is -2.10. The van der Waals surface area contributed by atoms with E-state index in [4.69, 9.17) is 24.7 Å². The normalized spacial score (nSPS) is 12.2. The Morgan fingerprint density at radius 2 is 1.81 bits per heavy atom. The summed E-state index contributed by atoms with van der Waals surface area (Å²) in [6.07, 6.45) is 0. The lowest BCUT2D eigenvalue weighted by molar-refractivity contribution is 0.173. The topological polar surface area (TPSA) is 62.9 Å². The molecule has 0 saturated heterocycles. The van der Waals surface area contributed by atoms with Crippen LogP contribution < -0.4 is 24.7 Å². The summed E-state index contributed by atoms with van der Waals surface area (Å²) in [5.41, 5.74) is 7.58. The summed E-state index contributed by atoms with van der Waals surface area (Å²) < 4.78 is 21.8. The Bertz CT molecular complexity index is 642. The zero-order chi connectivity index (χ0) is 14.7. The molecule has 0 fully saturated rings. The minimum atomic E-state index is 0.258. The van der Waals surface area contributed by atoms with Crippen molar-refractivity contribution in [1.29, 1.82) is 0 Å². The van der Waals surface area contributed by atoms with Gasteiger partial charge in [0.2, 0.25) is 6.79 Å². The average Bonchev–Trinajstić information content (AvgIpc) is 2.94. The Hall–Kier alpha value is -2.56. The highest BCUT2D eigenvalue weighted by atomic mass is 16.7. The van der Waals surface area contributed by atoms with Crippen LogP contribution in [0.2, 0.25) is 0 Å². The number of fused-ring (bicyclic) bond motifs is 1. The highest BCUT2D eigenvalue weighted by Crippen LogP contribution is 2.35. The molecule has 2 aromatic rings. The van der Waals surface area contributed by atoms with Crippen molar-refractivity contribution in [2.75, 3.05) is 25.7 Å². The number of anilines is 1. The number of ether oxygens (including phenoxy) is 4. The Labute approximate surface area is 123 Å². The van der Waals surface area contributed by atoms with Gasteiger partial charge >= 0.3 is 0 Å². The molecule has 0 atom stereocenters. The Morgan fingerprint density at radius 3 is 2.71 bits per heavy atom. The molecular formula is C16H17NO4. The third-order valence-corrected chi connectivity index (χ3v) is 3.12. The van der Waals surface area contributed by atoms with Gasteiger partial charge in [0.25, 0.3) is 0 Å². The van der Waals surface area contributed by atoms with Crippen LogP contribution in [-0.4, -0.2) is 20.0 Å². The molecule has 110 valence electrons. The molecule has 0 bridgehead atoms. The van der Waals surface area contributed by atoms with Gasteiger partial charge < -0.3 is 24.7 Å². The molecule has 2 N–H and O–H groups in total. The monoisotopic (exact) mass is 287 g/mol. The van der Waals surface area contributed by atoms with Gasteiger partial charge in [0.05, 0.1) is 5.69 Å². The van der Waals surface area contributed by atoms with Crippen LogP contribution in [0.5, 0.6) is 23.0 Å². The Balaban J connectivity index is 1.51. The number of nitrogens with two attached hydrogens (primary N) is 1. The van der Waals surface area contributed by atoms with Gasteiger partial charge in [-0.05, 0) is 36.8 Å². The lowest BCUT2D eigenvalue weighted by Gasteiger charge is -2.11. The van der Waals surface area contributed by atoms with E-state index >= 15 is 0 Å². The highest BCUT2D eigenvalue weighted by molar-refractivity contribution is 5.53. The van der Waals surface area contributed by atoms with Crippen LogP contribution in [0.1, 0.15) is 5.56 Å². The van der Waals surface area contributed by atoms with Gasteiger partial charge in [-0.2, -0.15) is 0 Å². The van der Waals surface area contributed by atoms with Gasteiger partial charge in [-0.15, -0.1) is 0 Å². The molecule has 1 aliphatic rings. The van der Waals surface area contributed by atoms with E-state index in [0.29, 0.717) is 30.4 Å². The van der Waals surface area contributed by atoms with Crippen molar-refractivity contribution < 1.29 is 18.9 Å². The number of aryl methyl sites for hydroxylation is 1. The van der Waals surface area contributed by atoms with E-state index in [2.05, 4.69) is 0 Å². The molecule has 0 saturated carbocycles. The van der Waals surface area contributed by atoms with Crippen LogP contribution in [-0.2, 0) is 0 Å². The maximum Gasteiger partial charge on any atom is 0.231 e. The molecule has 0 aliphatic carbocycles. The third kappa shape index (κ3) is 3.13. The first-order valence-electron chi connectivity index (χ1n) is 6.74. The summed E-state index contributed by atoms with van der Waals surface area (Å²) >= 11 is 0. The van der Waals surface area contributed by atoms with Crippen LogP contribution in [0.3, 0.4) is 0 Å². The van der Waals surface area contributed by atoms with Gasteiger partial charge in [-0.25, -0.2) is 0 Å². The second-order valence-electron chi connectivity index (χ2n) is 4.75. The summed E-state index contributed by atoms with van der Waals surface area (Å²) in [7, 11) is 0. The van der Waals surface area contributed by atoms with E-state index in [0.717, 1.165) is 17.1 Å². The van der Waals surface area contributed by atoms with Crippen molar-refractivity contribution in [2.45, 2.75) is 6.92 Å². The second kappa shape index (κ2) is 5.83. The van der Waals surface area contributed by atoms with E-state index in [9.17, 15) is 0 Å². The van der Waals surface area contributed by atoms with E-state index in [1.165, 1.54) is 0 Å². The van der Waals surface area contributed by atoms with Crippen molar-refractivity contribution in [3.05, 3.63) is 42.0 Å². The number of hydrogen-bond donors (Lipinski definition) is 1. The minimum absolute atomic E-state index is 0.258. The molecule has 2 aromatic carbocycles. The summed E-state index contributed by atoms with van der Waals surface area (Å²) in [5, 5.41) is 0. The largest absolute Gasteiger partial charge is 0.490 e. The van der Waals surface area contributed by atoms with E-state index in [1.807, 2.05) is 43.3 Å². The predicted molar refractivity (Wildman–Crippen MR) is 79.1 cm³/mol. The number of hydrogen-bond acceptors (Lipinski definition) is 5. The van der Waals surface area contributed by atoms with Gasteiger partial charge in [0, 0.05) is 6.07 Å². The standard InChI is InChI=1S/C16H17NO4/c1-11-2-4-13(17)15(8-11)19-7-6-18-12-3-5-14-16(9-12)21-10-20-14/h2-5,8-9H,6-7,10,17H2,1H3. The van der Waals surface area contributed by atoms with Crippen LogP contribution >= 0.6 is 0 Å². The molecule has 0 unspecified atom stereocenters. The number of rotatable bonds is 5. The molecule has 0 aromatic heterocycles. The van der Waals surface area contributed by atoms with Gasteiger partial charge in [-0.3, -0.25) is 0 Å². The zero-order valence-electron chi connectivity index (χ0n) is 11.8. The number of nitrogen functional groups attached to an aromatic ring is 1. The van der Waals surface area contributed by atoms with Crippen LogP contribution in [0.4, 0.5) is 5.69 Å². The maximum absolute atomic E-state index is 5.85. The summed E-state index contributed by atoms with van der Waals surface area (Å²) in [6, 6.07) is 11.2. The molecule has 1 heterocycles. The summed E-state index contributed by atoms with van der Waals surface area (Å²) in [6.45, 7) is 3.10. The Kier molecular flexibility index (Phi) is 3.73. The smallest absolute Gasteiger partial charge is 0.231 e. The number of benzene rings is 2. The highest BCUT2D eigenvalue weighted by Gasteiger charge is 2.13. The SMILES string of the molecule is Cc1ccc(N)c(OCCOc2ccc3c(c2)OCO3)c1. The fourth-order valence-corrected chi connectivity index (χ4v) is 2.04. The van der Waals surface area contributed by atoms with Crippen molar-refractivity contribution in [3.63, 3.8) is 0 Å². The molecule has 5 nitrogen and oxygen atoms in total. The van der Waals surface area contributed by atoms with Crippen molar-refractivity contribution >= 4 is 5.69 Å². The Morgan fingerprint density at radius 1 is 1.00 bits per heavy atom. The first-order chi connectivity index (χ1) is 10.2. The van der Waals surface area contributed by atoms with Gasteiger partial charge in [0.1, 0.15) is 24.7 Å². The molecular weight excluding hydrogens is 270 g/mol. The van der Waals surface area contributed by atoms with Crippen LogP contribution in [0.15, 0.2) is 36.4 Å². The van der Waals surface area contributed by atoms with Crippen molar-refractivity contribution in [1.82, 2.24) is 0 Å². The quantitative estimate of drug-likeness (QED) is 0.676. The fourth-order valence-electron chi connectivity index (χ4n) is 2.04. The maximum atomic E-state index is 5.85. The molecule has 5 heteroatoms. The first-order valence-corrected chi connectivity index (χ1v) is 6.74. The molecule has 3 rings (SSSR count). The molecule has 21 heavy (non-hydrogen) atoms. The van der Waals surface area contributed by atoms with E-state index in [1.54, 1.807) is 0 Å². The zero-order valence-corrected chi connectivity index (χ0v) is 11.8. The first kappa shape index (κ1) is 13.4. The third-order valence-electron chi connectivity index (χ3n) is 3.12. The van der Waals surface area contributed by atoms with Gasteiger partial charge in [0.15, 0.2) is 11.5 Å². The van der Waals surface area contributed by atoms with E-state index < -0.39 is 0 Å². The van der Waals surface area contributed by atoms with Crippen molar-refractivity contribution in [2.24, 2.45) is 0 Å². The lowest BCUT2D eigenvalue weighted by atomic mass is 10.2. The average molecular weight is 287 g/mol. The fraction of sp³-hybridized carbons (Fsp3) is 0.250. The summed E-state index contributed by atoms with van der Waals surface area (Å²) in [5.74, 6) is 2.85.